The quantitative estimate of drug-likeness (QED) is 0.506. The Kier molecular flexibility index (Phi) is 8.32. The maximum Gasteiger partial charge on any atom is 0.220 e. The largest absolute Gasteiger partial charge is 0.383 e. The van der Waals surface area contributed by atoms with Crippen molar-refractivity contribution in [2.75, 3.05) is 33.4 Å². The number of hydrogen-bond donors (Lipinski definition) is 2. The van der Waals surface area contributed by atoms with Crippen LogP contribution in [-0.2, 0) is 9.53 Å². The first-order chi connectivity index (χ1) is 10.5. The van der Waals surface area contributed by atoms with E-state index in [-0.39, 0.29) is 18.1 Å². The van der Waals surface area contributed by atoms with Crippen LogP contribution in [0.1, 0.15) is 23.7 Å². The Bertz CT molecular complexity index is 494. The number of Topliss-reactive ketones (excluding diaryl/α,β-unsaturated/α-hetero) is 1. The van der Waals surface area contributed by atoms with Crippen molar-refractivity contribution in [3.05, 3.63) is 35.6 Å². The Morgan fingerprint density at radius 2 is 2.05 bits per heavy atom. The Labute approximate surface area is 130 Å². The lowest BCUT2D eigenvalue weighted by molar-refractivity contribution is -0.121. The summed E-state index contributed by atoms with van der Waals surface area (Å²) in [7, 11) is 1.63. The van der Waals surface area contributed by atoms with Gasteiger partial charge in [0.25, 0.3) is 0 Å². The summed E-state index contributed by atoms with van der Waals surface area (Å²) in [4.78, 5) is 23.9. The summed E-state index contributed by atoms with van der Waals surface area (Å²) in [5.74, 6) is -1.36. The van der Waals surface area contributed by atoms with Gasteiger partial charge in [-0.3, -0.25) is 9.59 Å². The lowest BCUT2D eigenvalue weighted by Crippen LogP contribution is -2.34. The summed E-state index contributed by atoms with van der Waals surface area (Å²) in [6, 6.07) is 5.52. The number of amides is 1. The number of ether oxygens (including phenoxy) is 1. The Hall–Kier alpha value is -1.79. The topological polar surface area (TPSA) is 67.4 Å². The fourth-order valence-electron chi connectivity index (χ4n) is 1.96. The highest BCUT2D eigenvalue weighted by atomic mass is 19.1. The molecule has 0 spiro atoms. The van der Waals surface area contributed by atoms with E-state index in [4.69, 9.17) is 4.74 Å². The number of methoxy groups -OCH3 is 1. The van der Waals surface area contributed by atoms with Gasteiger partial charge >= 0.3 is 0 Å². The van der Waals surface area contributed by atoms with Crippen LogP contribution >= 0.6 is 0 Å². The van der Waals surface area contributed by atoms with E-state index in [0.717, 1.165) is 6.54 Å². The second kappa shape index (κ2) is 10.0. The van der Waals surface area contributed by atoms with E-state index < -0.39 is 11.7 Å². The molecule has 1 rings (SSSR count). The number of nitrogens with one attached hydrogen (secondary N) is 2. The second-order valence-electron chi connectivity index (χ2n) is 5.07. The smallest absolute Gasteiger partial charge is 0.220 e. The van der Waals surface area contributed by atoms with Crippen molar-refractivity contribution in [3.8, 4) is 0 Å². The Morgan fingerprint density at radius 1 is 1.27 bits per heavy atom. The van der Waals surface area contributed by atoms with Gasteiger partial charge in [0.15, 0.2) is 5.78 Å². The van der Waals surface area contributed by atoms with E-state index in [9.17, 15) is 14.0 Å². The van der Waals surface area contributed by atoms with Crippen LogP contribution < -0.4 is 10.6 Å². The molecule has 122 valence electrons. The Balaban J connectivity index is 2.30. The minimum atomic E-state index is -0.483. The molecular weight excluding hydrogens is 287 g/mol. The molecule has 0 aliphatic rings. The molecule has 22 heavy (non-hydrogen) atoms. The molecule has 1 unspecified atom stereocenters. The standard InChI is InChI=1S/C16H23FN2O3/c1-12(16(21)13-4-3-5-14(17)11-13)10-15(20)19-7-6-18-8-9-22-2/h3-5,11-12,18H,6-10H2,1-2H3,(H,19,20). The molecule has 1 aromatic rings. The summed E-state index contributed by atoms with van der Waals surface area (Å²) < 4.78 is 18.0. The fourth-order valence-corrected chi connectivity index (χ4v) is 1.96. The monoisotopic (exact) mass is 310 g/mol. The molecule has 0 saturated heterocycles. The van der Waals surface area contributed by atoms with Gasteiger partial charge in [-0.1, -0.05) is 19.1 Å². The lowest BCUT2D eigenvalue weighted by Gasteiger charge is -2.11. The molecule has 5 nitrogen and oxygen atoms in total. The van der Waals surface area contributed by atoms with Crippen LogP contribution in [0.25, 0.3) is 0 Å². The van der Waals surface area contributed by atoms with Crippen molar-refractivity contribution in [1.82, 2.24) is 10.6 Å². The first-order valence-corrected chi connectivity index (χ1v) is 7.30. The van der Waals surface area contributed by atoms with Gasteiger partial charge in [-0.05, 0) is 12.1 Å². The Morgan fingerprint density at radius 3 is 2.73 bits per heavy atom. The van der Waals surface area contributed by atoms with Crippen molar-refractivity contribution in [3.63, 3.8) is 0 Å². The van der Waals surface area contributed by atoms with E-state index in [2.05, 4.69) is 10.6 Å². The third kappa shape index (κ3) is 6.78. The van der Waals surface area contributed by atoms with Gasteiger partial charge in [0.1, 0.15) is 5.82 Å². The average molecular weight is 310 g/mol. The van der Waals surface area contributed by atoms with Crippen LogP contribution in [0.15, 0.2) is 24.3 Å². The SMILES string of the molecule is COCCNCCNC(=O)CC(C)C(=O)c1cccc(F)c1. The van der Waals surface area contributed by atoms with Gasteiger partial charge in [0, 0.05) is 44.6 Å². The number of ketones is 1. The molecule has 2 N–H and O–H groups in total. The van der Waals surface area contributed by atoms with Crippen molar-refractivity contribution < 1.29 is 18.7 Å². The third-order valence-electron chi connectivity index (χ3n) is 3.16. The molecule has 1 aromatic carbocycles. The van der Waals surface area contributed by atoms with Crippen LogP contribution in [0.3, 0.4) is 0 Å². The molecule has 1 atom stereocenters. The van der Waals surface area contributed by atoms with Gasteiger partial charge < -0.3 is 15.4 Å². The predicted octanol–water partition coefficient (Wildman–Crippen LogP) is 1.39. The minimum Gasteiger partial charge on any atom is -0.383 e. The van der Waals surface area contributed by atoms with Crippen molar-refractivity contribution >= 4 is 11.7 Å². The van der Waals surface area contributed by atoms with Gasteiger partial charge in [-0.25, -0.2) is 4.39 Å². The average Bonchev–Trinajstić information content (AvgIpc) is 2.50. The van der Waals surface area contributed by atoms with E-state index >= 15 is 0 Å². The maximum atomic E-state index is 13.1. The normalized spacial score (nSPS) is 12.0. The highest BCUT2D eigenvalue weighted by molar-refractivity contribution is 5.99. The number of carbonyl (C=O) groups is 2. The first-order valence-electron chi connectivity index (χ1n) is 7.30. The van der Waals surface area contributed by atoms with Crippen molar-refractivity contribution in [2.24, 2.45) is 5.92 Å². The van der Waals surface area contributed by atoms with Gasteiger partial charge in [-0.2, -0.15) is 0 Å². The predicted molar refractivity (Wildman–Crippen MR) is 82.3 cm³/mol. The molecule has 1 amide bonds. The zero-order chi connectivity index (χ0) is 16.4. The molecular formula is C16H23FN2O3. The van der Waals surface area contributed by atoms with Crippen LogP contribution in [-0.4, -0.2) is 45.0 Å². The van der Waals surface area contributed by atoms with Crippen LogP contribution in [0.4, 0.5) is 4.39 Å². The highest BCUT2D eigenvalue weighted by Gasteiger charge is 2.18. The fraction of sp³-hybridized carbons (Fsp3) is 0.500. The molecule has 0 aromatic heterocycles. The lowest BCUT2D eigenvalue weighted by atomic mass is 9.96. The molecule has 0 aliphatic heterocycles. The number of halogens is 1. The molecule has 0 saturated carbocycles. The molecule has 0 fully saturated rings. The number of hydrogen-bond acceptors (Lipinski definition) is 4. The molecule has 0 aliphatic carbocycles. The van der Waals surface area contributed by atoms with E-state index in [1.807, 2.05) is 0 Å². The number of carbonyl (C=O) groups excluding carboxylic acids is 2. The molecule has 6 heteroatoms. The molecule has 0 heterocycles. The highest BCUT2D eigenvalue weighted by Crippen LogP contribution is 2.13. The number of rotatable bonds is 10. The van der Waals surface area contributed by atoms with Crippen LogP contribution in [0, 0.1) is 11.7 Å². The van der Waals surface area contributed by atoms with Crippen molar-refractivity contribution in [2.45, 2.75) is 13.3 Å². The maximum absolute atomic E-state index is 13.1. The van der Waals surface area contributed by atoms with Crippen LogP contribution in [0.2, 0.25) is 0 Å². The van der Waals surface area contributed by atoms with Crippen LogP contribution in [0.5, 0.6) is 0 Å². The molecule has 0 bridgehead atoms. The van der Waals surface area contributed by atoms with Gasteiger partial charge in [0.05, 0.1) is 6.61 Å². The zero-order valence-corrected chi connectivity index (χ0v) is 13.0. The third-order valence-corrected chi connectivity index (χ3v) is 3.16. The summed E-state index contributed by atoms with van der Waals surface area (Å²) >= 11 is 0. The zero-order valence-electron chi connectivity index (χ0n) is 13.0. The number of benzene rings is 1. The summed E-state index contributed by atoms with van der Waals surface area (Å²) in [5.41, 5.74) is 0.293. The van der Waals surface area contributed by atoms with E-state index in [1.165, 1.54) is 18.2 Å². The van der Waals surface area contributed by atoms with E-state index in [0.29, 0.717) is 25.3 Å². The summed E-state index contributed by atoms with van der Waals surface area (Å²) in [5, 5.41) is 5.84. The van der Waals surface area contributed by atoms with Crippen molar-refractivity contribution in [1.29, 1.82) is 0 Å². The van der Waals surface area contributed by atoms with Gasteiger partial charge in [0.2, 0.25) is 5.91 Å². The summed E-state index contributed by atoms with van der Waals surface area (Å²) in [6.45, 7) is 4.14. The first kappa shape index (κ1) is 18.3. The van der Waals surface area contributed by atoms with E-state index in [1.54, 1.807) is 20.1 Å². The second-order valence-corrected chi connectivity index (χ2v) is 5.07. The minimum absolute atomic E-state index is 0.0907. The van der Waals surface area contributed by atoms with Gasteiger partial charge in [-0.15, -0.1) is 0 Å². The molecule has 0 radical (unpaired) electrons. The summed E-state index contributed by atoms with van der Waals surface area (Å²) in [6.07, 6.45) is 0.0907.